The summed E-state index contributed by atoms with van der Waals surface area (Å²) >= 11 is 0. The first-order chi connectivity index (χ1) is 12.0. The molecule has 0 fully saturated rings. The smallest absolute Gasteiger partial charge is 0.123 e. The van der Waals surface area contributed by atoms with Crippen LogP contribution in [0.4, 0.5) is 8.78 Å². The van der Waals surface area contributed by atoms with E-state index in [4.69, 9.17) is 0 Å². The summed E-state index contributed by atoms with van der Waals surface area (Å²) in [6, 6.07) is 12.2. The second-order valence-corrected chi connectivity index (χ2v) is 7.08. The first kappa shape index (κ1) is 16.3. The van der Waals surface area contributed by atoms with Crippen molar-refractivity contribution in [1.82, 2.24) is 9.47 Å². The molecule has 130 valence electrons. The molecular weight excluding hydrogens is 318 g/mol. The standard InChI is InChI=1S/C21H22F2N2/c1-14-11-21-19(13-24(14)2)18-12-17(23)7-8-20(18)25(21)10-9-15-3-5-16(22)6-4-15/h3-8,12,14H,9-11,13H2,1-2H3. The van der Waals surface area contributed by atoms with E-state index < -0.39 is 0 Å². The summed E-state index contributed by atoms with van der Waals surface area (Å²) in [5, 5.41) is 1.02. The summed E-state index contributed by atoms with van der Waals surface area (Å²) in [6.07, 6.45) is 1.80. The Labute approximate surface area is 146 Å². The molecule has 25 heavy (non-hydrogen) atoms. The molecule has 1 atom stereocenters. The van der Waals surface area contributed by atoms with Gasteiger partial charge in [-0.25, -0.2) is 8.78 Å². The van der Waals surface area contributed by atoms with Crippen molar-refractivity contribution in [3.05, 3.63) is 70.9 Å². The van der Waals surface area contributed by atoms with E-state index >= 15 is 0 Å². The van der Waals surface area contributed by atoms with Crippen molar-refractivity contribution in [2.75, 3.05) is 7.05 Å². The third-order valence-corrected chi connectivity index (χ3v) is 5.43. The van der Waals surface area contributed by atoms with Crippen molar-refractivity contribution in [3.63, 3.8) is 0 Å². The molecule has 2 nitrogen and oxygen atoms in total. The lowest BCUT2D eigenvalue weighted by Gasteiger charge is -2.31. The Kier molecular flexibility index (Phi) is 4.08. The van der Waals surface area contributed by atoms with Crippen LogP contribution >= 0.6 is 0 Å². The maximum absolute atomic E-state index is 13.8. The van der Waals surface area contributed by atoms with Gasteiger partial charge in [0.25, 0.3) is 0 Å². The molecule has 0 aliphatic carbocycles. The van der Waals surface area contributed by atoms with E-state index in [0.29, 0.717) is 6.04 Å². The van der Waals surface area contributed by atoms with Gasteiger partial charge in [0, 0.05) is 42.1 Å². The van der Waals surface area contributed by atoms with Crippen LogP contribution in [0.1, 0.15) is 23.7 Å². The molecule has 0 amide bonds. The molecule has 4 heteroatoms. The molecule has 2 heterocycles. The average Bonchev–Trinajstić information content (AvgIpc) is 2.87. The van der Waals surface area contributed by atoms with E-state index in [9.17, 15) is 8.78 Å². The largest absolute Gasteiger partial charge is 0.344 e. The van der Waals surface area contributed by atoms with E-state index in [1.807, 2.05) is 18.2 Å². The topological polar surface area (TPSA) is 8.17 Å². The summed E-state index contributed by atoms with van der Waals surface area (Å²) in [4.78, 5) is 2.32. The number of benzene rings is 2. The Bertz CT molecular complexity index is 912. The maximum Gasteiger partial charge on any atom is 0.123 e. The van der Waals surface area contributed by atoms with Crippen LogP contribution in [0.15, 0.2) is 42.5 Å². The summed E-state index contributed by atoms with van der Waals surface area (Å²) in [5.41, 5.74) is 4.76. The van der Waals surface area contributed by atoms with Gasteiger partial charge in [0.1, 0.15) is 11.6 Å². The van der Waals surface area contributed by atoms with E-state index in [1.54, 1.807) is 6.07 Å². The van der Waals surface area contributed by atoms with Gasteiger partial charge >= 0.3 is 0 Å². The minimum absolute atomic E-state index is 0.188. The molecule has 0 spiro atoms. The number of rotatable bonds is 3. The zero-order valence-corrected chi connectivity index (χ0v) is 14.6. The molecule has 1 aliphatic heterocycles. The third kappa shape index (κ3) is 2.95. The number of hydrogen-bond acceptors (Lipinski definition) is 1. The predicted octanol–water partition coefficient (Wildman–Crippen LogP) is 4.54. The van der Waals surface area contributed by atoms with Crippen LogP contribution in [-0.2, 0) is 25.9 Å². The van der Waals surface area contributed by atoms with Crippen LogP contribution in [0.25, 0.3) is 10.9 Å². The number of hydrogen-bond donors (Lipinski definition) is 0. The first-order valence-electron chi connectivity index (χ1n) is 8.77. The van der Waals surface area contributed by atoms with Crippen LogP contribution < -0.4 is 0 Å². The first-order valence-corrected chi connectivity index (χ1v) is 8.77. The Morgan fingerprint density at radius 2 is 1.76 bits per heavy atom. The maximum atomic E-state index is 13.8. The molecule has 0 saturated heterocycles. The lowest BCUT2D eigenvalue weighted by atomic mass is 10.00. The Morgan fingerprint density at radius 3 is 2.52 bits per heavy atom. The Morgan fingerprint density at radius 1 is 1.04 bits per heavy atom. The highest BCUT2D eigenvalue weighted by Crippen LogP contribution is 2.33. The molecule has 2 aromatic carbocycles. The van der Waals surface area contributed by atoms with Gasteiger partial charge < -0.3 is 4.57 Å². The fourth-order valence-electron chi connectivity index (χ4n) is 3.85. The van der Waals surface area contributed by atoms with Gasteiger partial charge in [-0.15, -0.1) is 0 Å². The number of halogens is 2. The van der Waals surface area contributed by atoms with Gasteiger partial charge in [0.2, 0.25) is 0 Å². The van der Waals surface area contributed by atoms with Crippen molar-refractivity contribution in [2.45, 2.75) is 38.9 Å². The molecule has 0 N–H and O–H groups in total. The van der Waals surface area contributed by atoms with Gasteiger partial charge in [0.05, 0.1) is 0 Å². The minimum Gasteiger partial charge on any atom is -0.344 e. The fourth-order valence-corrected chi connectivity index (χ4v) is 3.85. The summed E-state index contributed by atoms with van der Waals surface area (Å²) in [6.45, 7) is 3.89. The number of fused-ring (bicyclic) bond motifs is 3. The van der Waals surface area contributed by atoms with Crippen LogP contribution in [-0.4, -0.2) is 22.6 Å². The highest BCUT2D eigenvalue weighted by atomic mass is 19.1. The van der Waals surface area contributed by atoms with Crippen LogP contribution in [0.3, 0.4) is 0 Å². The van der Waals surface area contributed by atoms with Crippen molar-refractivity contribution in [3.8, 4) is 0 Å². The molecule has 4 rings (SSSR count). The molecule has 3 aromatic rings. The second-order valence-electron chi connectivity index (χ2n) is 7.08. The normalized spacial score (nSPS) is 17.8. The van der Waals surface area contributed by atoms with E-state index in [0.717, 1.165) is 42.4 Å². The molecule has 1 unspecified atom stereocenters. The number of likely N-dealkylation sites (N-methyl/N-ethyl adjacent to an activating group) is 1. The molecule has 1 aliphatic rings. The quantitative estimate of drug-likeness (QED) is 0.680. The van der Waals surface area contributed by atoms with Crippen molar-refractivity contribution in [2.24, 2.45) is 0 Å². The zero-order chi connectivity index (χ0) is 17.6. The second kappa shape index (κ2) is 6.26. The molecule has 0 saturated carbocycles. The van der Waals surface area contributed by atoms with Gasteiger partial charge in [-0.1, -0.05) is 12.1 Å². The lowest BCUT2D eigenvalue weighted by Crippen LogP contribution is -2.35. The van der Waals surface area contributed by atoms with E-state index in [2.05, 4.69) is 23.4 Å². The molecule has 0 bridgehead atoms. The number of nitrogens with zero attached hydrogens (tertiary/aromatic N) is 2. The molecule has 0 radical (unpaired) electrons. The molecule has 1 aromatic heterocycles. The fraction of sp³-hybridized carbons (Fsp3) is 0.333. The van der Waals surface area contributed by atoms with Gasteiger partial charge in [-0.3, -0.25) is 4.90 Å². The molecular formula is C21H22F2N2. The van der Waals surface area contributed by atoms with E-state index in [1.165, 1.54) is 29.5 Å². The van der Waals surface area contributed by atoms with Crippen LogP contribution in [0.5, 0.6) is 0 Å². The third-order valence-electron chi connectivity index (χ3n) is 5.43. The van der Waals surface area contributed by atoms with Gasteiger partial charge in [-0.2, -0.15) is 0 Å². The van der Waals surface area contributed by atoms with Gasteiger partial charge in [-0.05, 0) is 61.9 Å². The van der Waals surface area contributed by atoms with Crippen molar-refractivity contribution >= 4 is 10.9 Å². The Balaban J connectivity index is 1.74. The summed E-state index contributed by atoms with van der Waals surface area (Å²) in [7, 11) is 2.12. The lowest BCUT2D eigenvalue weighted by molar-refractivity contribution is 0.228. The number of aryl methyl sites for hydroxylation is 2. The monoisotopic (exact) mass is 340 g/mol. The minimum atomic E-state index is -0.208. The highest BCUT2D eigenvalue weighted by molar-refractivity contribution is 5.86. The zero-order valence-electron chi connectivity index (χ0n) is 14.6. The number of aromatic nitrogens is 1. The highest BCUT2D eigenvalue weighted by Gasteiger charge is 2.26. The average molecular weight is 340 g/mol. The summed E-state index contributed by atoms with van der Waals surface area (Å²) in [5.74, 6) is -0.396. The Hall–Kier alpha value is -2.20. The van der Waals surface area contributed by atoms with E-state index in [-0.39, 0.29) is 11.6 Å². The SMILES string of the molecule is CC1Cc2c(c3cc(F)ccc3n2CCc2ccc(F)cc2)CN1C. The van der Waals surface area contributed by atoms with Crippen molar-refractivity contribution < 1.29 is 8.78 Å². The van der Waals surface area contributed by atoms with Crippen molar-refractivity contribution in [1.29, 1.82) is 0 Å². The van der Waals surface area contributed by atoms with Crippen LogP contribution in [0.2, 0.25) is 0 Å². The summed E-state index contributed by atoms with van der Waals surface area (Å²) < 4.78 is 29.3. The van der Waals surface area contributed by atoms with Gasteiger partial charge in [0.15, 0.2) is 0 Å². The predicted molar refractivity (Wildman–Crippen MR) is 96.6 cm³/mol. The van der Waals surface area contributed by atoms with Crippen LogP contribution in [0, 0.1) is 11.6 Å².